The molecule has 0 aliphatic carbocycles. The summed E-state index contributed by atoms with van der Waals surface area (Å²) in [7, 11) is 1.43. The van der Waals surface area contributed by atoms with Gasteiger partial charge in [0.1, 0.15) is 11.3 Å². The second kappa shape index (κ2) is 3.66. The highest BCUT2D eigenvalue weighted by atomic mass is 35.5. The molecule has 0 radical (unpaired) electrons. The first-order valence-electron chi connectivity index (χ1n) is 3.63. The van der Waals surface area contributed by atoms with Gasteiger partial charge in [-0.1, -0.05) is 11.6 Å². The maximum Gasteiger partial charge on any atom is 0.339 e. The number of aromatic carboxylic acids is 1. The van der Waals surface area contributed by atoms with Crippen molar-refractivity contribution in [3.63, 3.8) is 0 Å². The van der Waals surface area contributed by atoms with Crippen molar-refractivity contribution in [1.29, 1.82) is 0 Å². The summed E-state index contributed by atoms with van der Waals surface area (Å²) in [6, 6.07) is 2.99. The van der Waals surface area contributed by atoms with E-state index in [1.807, 2.05) is 0 Å². The highest BCUT2D eigenvalue weighted by Gasteiger charge is 2.12. The highest BCUT2D eigenvalue weighted by molar-refractivity contribution is 6.31. The van der Waals surface area contributed by atoms with Crippen molar-refractivity contribution in [1.82, 2.24) is 0 Å². The van der Waals surface area contributed by atoms with Crippen molar-refractivity contribution < 1.29 is 14.6 Å². The molecule has 0 atom stereocenters. The molecule has 0 bridgehead atoms. The molecular weight excluding hydrogens is 192 g/mol. The van der Waals surface area contributed by atoms with Crippen LogP contribution in [0.2, 0.25) is 5.02 Å². The van der Waals surface area contributed by atoms with Crippen LogP contribution in [-0.4, -0.2) is 18.2 Å². The molecular formula is C9H9ClO3. The van der Waals surface area contributed by atoms with Gasteiger partial charge in [0.15, 0.2) is 0 Å². The fraction of sp³-hybridized carbons (Fsp3) is 0.222. The van der Waals surface area contributed by atoms with Gasteiger partial charge in [-0.3, -0.25) is 0 Å². The zero-order chi connectivity index (χ0) is 10.0. The van der Waals surface area contributed by atoms with E-state index in [2.05, 4.69) is 0 Å². The summed E-state index contributed by atoms with van der Waals surface area (Å²) in [5.41, 5.74) is 0.876. The Hall–Kier alpha value is -1.22. The third kappa shape index (κ3) is 1.92. The number of carboxylic acids is 1. The van der Waals surface area contributed by atoms with E-state index in [9.17, 15) is 4.79 Å². The standard InChI is InChI=1S/C9H9ClO3/c1-5-3-8(13-2)6(9(11)12)4-7(5)10/h3-4H,1-2H3,(H,11,12). The number of carbonyl (C=O) groups is 1. The van der Waals surface area contributed by atoms with E-state index in [0.717, 1.165) is 5.56 Å². The van der Waals surface area contributed by atoms with E-state index in [-0.39, 0.29) is 5.56 Å². The van der Waals surface area contributed by atoms with Gasteiger partial charge in [0.05, 0.1) is 7.11 Å². The van der Waals surface area contributed by atoms with Crippen LogP contribution in [0.4, 0.5) is 0 Å². The zero-order valence-electron chi connectivity index (χ0n) is 7.30. The van der Waals surface area contributed by atoms with E-state index >= 15 is 0 Å². The Labute approximate surface area is 80.9 Å². The predicted molar refractivity (Wildman–Crippen MR) is 49.7 cm³/mol. The Morgan fingerprint density at radius 1 is 1.54 bits per heavy atom. The molecule has 0 unspecified atom stereocenters. The fourth-order valence-electron chi connectivity index (χ4n) is 0.991. The molecule has 1 aromatic rings. The highest BCUT2D eigenvalue weighted by Crippen LogP contribution is 2.26. The van der Waals surface area contributed by atoms with Crippen molar-refractivity contribution in [2.75, 3.05) is 7.11 Å². The predicted octanol–water partition coefficient (Wildman–Crippen LogP) is 2.36. The van der Waals surface area contributed by atoms with Gasteiger partial charge in [0, 0.05) is 5.02 Å². The molecule has 13 heavy (non-hydrogen) atoms. The van der Waals surface area contributed by atoms with Crippen LogP contribution in [0.3, 0.4) is 0 Å². The summed E-state index contributed by atoms with van der Waals surface area (Å²) < 4.78 is 4.90. The van der Waals surface area contributed by atoms with Gasteiger partial charge in [0.25, 0.3) is 0 Å². The minimum Gasteiger partial charge on any atom is -0.496 e. The molecule has 0 saturated heterocycles. The lowest BCUT2D eigenvalue weighted by Crippen LogP contribution is -2.00. The molecule has 0 saturated carbocycles. The summed E-state index contributed by atoms with van der Waals surface area (Å²) in [6.07, 6.45) is 0. The van der Waals surface area contributed by atoms with Crippen LogP contribution >= 0.6 is 11.6 Å². The minimum atomic E-state index is -1.04. The molecule has 3 nitrogen and oxygen atoms in total. The molecule has 0 aromatic heterocycles. The smallest absolute Gasteiger partial charge is 0.339 e. The molecule has 0 aliphatic rings. The number of ether oxygens (including phenoxy) is 1. The van der Waals surface area contributed by atoms with Crippen molar-refractivity contribution in [3.8, 4) is 5.75 Å². The molecule has 0 fully saturated rings. The number of rotatable bonds is 2. The summed E-state index contributed by atoms with van der Waals surface area (Å²) >= 11 is 5.77. The fourth-order valence-corrected chi connectivity index (χ4v) is 1.15. The largest absolute Gasteiger partial charge is 0.496 e. The lowest BCUT2D eigenvalue weighted by molar-refractivity contribution is 0.0693. The van der Waals surface area contributed by atoms with Gasteiger partial charge in [-0.25, -0.2) is 4.79 Å². The lowest BCUT2D eigenvalue weighted by atomic mass is 10.1. The van der Waals surface area contributed by atoms with Crippen LogP contribution in [0, 0.1) is 6.92 Å². The quantitative estimate of drug-likeness (QED) is 0.797. The van der Waals surface area contributed by atoms with E-state index in [1.165, 1.54) is 13.2 Å². The van der Waals surface area contributed by atoms with Crippen molar-refractivity contribution in [2.24, 2.45) is 0 Å². The summed E-state index contributed by atoms with van der Waals surface area (Å²) in [5.74, 6) is -0.715. The third-order valence-corrected chi connectivity index (χ3v) is 2.12. The van der Waals surface area contributed by atoms with E-state index in [0.29, 0.717) is 10.8 Å². The maximum absolute atomic E-state index is 10.7. The molecule has 0 heterocycles. The SMILES string of the molecule is COc1cc(C)c(Cl)cc1C(=O)O. The first kappa shape index (κ1) is 9.86. The maximum atomic E-state index is 10.7. The first-order chi connectivity index (χ1) is 6.06. The molecule has 0 amide bonds. The first-order valence-corrected chi connectivity index (χ1v) is 4.01. The second-order valence-corrected chi connectivity index (χ2v) is 3.01. The van der Waals surface area contributed by atoms with Gasteiger partial charge in [0.2, 0.25) is 0 Å². The minimum absolute atomic E-state index is 0.0816. The molecule has 70 valence electrons. The van der Waals surface area contributed by atoms with E-state index < -0.39 is 5.97 Å². The Balaban J connectivity index is 3.33. The number of halogens is 1. The average molecular weight is 201 g/mol. The van der Waals surface area contributed by atoms with Crippen molar-refractivity contribution >= 4 is 17.6 Å². The number of carboxylic acid groups (broad SMARTS) is 1. The summed E-state index contributed by atoms with van der Waals surface area (Å²) in [5, 5.41) is 9.20. The van der Waals surface area contributed by atoms with Gasteiger partial charge in [-0.2, -0.15) is 0 Å². The zero-order valence-corrected chi connectivity index (χ0v) is 8.05. The molecule has 0 spiro atoms. The van der Waals surface area contributed by atoms with Crippen LogP contribution in [0.25, 0.3) is 0 Å². The van der Waals surface area contributed by atoms with E-state index in [1.54, 1.807) is 13.0 Å². The molecule has 1 N–H and O–H groups in total. The Kier molecular flexibility index (Phi) is 2.78. The van der Waals surface area contributed by atoms with Crippen LogP contribution in [0.1, 0.15) is 15.9 Å². The second-order valence-electron chi connectivity index (χ2n) is 2.61. The lowest BCUT2D eigenvalue weighted by Gasteiger charge is -2.06. The van der Waals surface area contributed by atoms with Crippen LogP contribution in [-0.2, 0) is 0 Å². The normalized spacial score (nSPS) is 9.77. The van der Waals surface area contributed by atoms with Gasteiger partial charge < -0.3 is 9.84 Å². The Morgan fingerprint density at radius 2 is 2.15 bits per heavy atom. The van der Waals surface area contributed by atoms with Crippen molar-refractivity contribution in [2.45, 2.75) is 6.92 Å². The Bertz CT molecular complexity index is 347. The van der Waals surface area contributed by atoms with Crippen LogP contribution in [0.5, 0.6) is 5.75 Å². The topological polar surface area (TPSA) is 46.5 Å². The molecule has 4 heteroatoms. The van der Waals surface area contributed by atoms with Crippen LogP contribution in [0.15, 0.2) is 12.1 Å². The molecule has 0 aliphatic heterocycles. The summed E-state index contributed by atoms with van der Waals surface area (Å²) in [4.78, 5) is 10.7. The third-order valence-electron chi connectivity index (χ3n) is 1.71. The number of hydrogen-bond donors (Lipinski definition) is 1. The summed E-state index contributed by atoms with van der Waals surface area (Å²) in [6.45, 7) is 1.79. The van der Waals surface area contributed by atoms with E-state index in [4.69, 9.17) is 21.4 Å². The number of methoxy groups -OCH3 is 1. The molecule has 1 aromatic carbocycles. The average Bonchev–Trinajstić information content (AvgIpc) is 2.08. The van der Waals surface area contributed by atoms with Crippen LogP contribution < -0.4 is 4.74 Å². The number of benzene rings is 1. The van der Waals surface area contributed by atoms with Crippen molar-refractivity contribution in [3.05, 3.63) is 28.3 Å². The van der Waals surface area contributed by atoms with Gasteiger partial charge in [-0.15, -0.1) is 0 Å². The number of aryl methyl sites for hydroxylation is 1. The monoisotopic (exact) mass is 200 g/mol. The Morgan fingerprint density at radius 3 is 2.62 bits per heavy atom. The van der Waals surface area contributed by atoms with Gasteiger partial charge in [-0.05, 0) is 24.6 Å². The number of hydrogen-bond acceptors (Lipinski definition) is 2. The van der Waals surface area contributed by atoms with Gasteiger partial charge >= 0.3 is 5.97 Å². The molecule has 1 rings (SSSR count).